The maximum absolute atomic E-state index is 12.5. The lowest BCUT2D eigenvalue weighted by Crippen LogP contribution is -2.13. The van der Waals surface area contributed by atoms with Crippen LogP contribution in [0.4, 0.5) is 5.13 Å². The van der Waals surface area contributed by atoms with Crippen molar-refractivity contribution in [2.75, 3.05) is 11.6 Å². The van der Waals surface area contributed by atoms with Crippen LogP contribution < -0.4 is 5.32 Å². The molecule has 2 heterocycles. The van der Waals surface area contributed by atoms with E-state index in [4.69, 9.17) is 0 Å². The first-order valence-corrected chi connectivity index (χ1v) is 9.52. The fourth-order valence-corrected chi connectivity index (χ4v) is 3.70. The number of benzene rings is 1. The molecule has 1 amide bonds. The number of nitrogens with zero attached hydrogens (tertiary/aromatic N) is 2. The van der Waals surface area contributed by atoms with Gasteiger partial charge >= 0.3 is 0 Å². The number of aryl methyl sites for hydroxylation is 2. The van der Waals surface area contributed by atoms with Gasteiger partial charge in [0.15, 0.2) is 5.13 Å². The van der Waals surface area contributed by atoms with Crippen molar-refractivity contribution in [1.82, 2.24) is 9.97 Å². The molecule has 0 fully saturated rings. The summed E-state index contributed by atoms with van der Waals surface area (Å²) in [6, 6.07) is 9.80. The molecule has 4 nitrogen and oxygen atoms in total. The normalized spacial score (nSPS) is 10.6. The van der Waals surface area contributed by atoms with Gasteiger partial charge in [-0.3, -0.25) is 10.1 Å². The Morgan fingerprint density at radius 3 is 2.83 bits per heavy atom. The van der Waals surface area contributed by atoms with E-state index < -0.39 is 0 Å². The van der Waals surface area contributed by atoms with Gasteiger partial charge in [-0.05, 0) is 37.8 Å². The Bertz CT molecular complexity index is 889. The van der Waals surface area contributed by atoms with Crippen molar-refractivity contribution in [3.63, 3.8) is 0 Å². The number of nitrogens with one attached hydrogen (secondary N) is 1. The van der Waals surface area contributed by atoms with Crippen molar-refractivity contribution in [2.24, 2.45) is 0 Å². The van der Waals surface area contributed by atoms with E-state index in [1.54, 1.807) is 18.3 Å². The van der Waals surface area contributed by atoms with Crippen LogP contribution in [0.2, 0.25) is 0 Å². The fraction of sp³-hybridized carbons (Fsp3) is 0.167. The average Bonchev–Trinajstić information content (AvgIpc) is 3.02. The third-order valence-electron chi connectivity index (χ3n) is 3.59. The summed E-state index contributed by atoms with van der Waals surface area (Å²) in [4.78, 5) is 21.2. The summed E-state index contributed by atoms with van der Waals surface area (Å²) in [5, 5.41) is 6.13. The summed E-state index contributed by atoms with van der Waals surface area (Å²) in [7, 11) is 0. The molecule has 3 aromatic rings. The molecule has 0 spiro atoms. The van der Waals surface area contributed by atoms with Crippen LogP contribution in [0.25, 0.3) is 11.3 Å². The van der Waals surface area contributed by atoms with Gasteiger partial charge in [-0.15, -0.1) is 23.1 Å². The number of aromatic nitrogens is 2. The minimum absolute atomic E-state index is 0.186. The predicted octanol–water partition coefficient (Wildman–Crippen LogP) is 4.80. The van der Waals surface area contributed by atoms with Crippen LogP contribution in [0, 0.1) is 13.8 Å². The maximum atomic E-state index is 12.5. The highest BCUT2D eigenvalue weighted by molar-refractivity contribution is 7.98. The molecule has 0 aliphatic heterocycles. The lowest BCUT2D eigenvalue weighted by atomic mass is 10.0. The summed E-state index contributed by atoms with van der Waals surface area (Å²) in [6.45, 7) is 4.14. The second kappa shape index (κ2) is 7.15. The zero-order chi connectivity index (χ0) is 17.1. The van der Waals surface area contributed by atoms with Gasteiger partial charge in [0.1, 0.15) is 5.03 Å². The largest absolute Gasteiger partial charge is 0.298 e. The molecule has 0 aliphatic carbocycles. The van der Waals surface area contributed by atoms with Gasteiger partial charge in [0.25, 0.3) is 5.91 Å². The highest BCUT2D eigenvalue weighted by Crippen LogP contribution is 2.28. The lowest BCUT2D eigenvalue weighted by molar-refractivity contribution is 0.102. The fourth-order valence-electron chi connectivity index (χ4n) is 2.45. The first-order chi connectivity index (χ1) is 11.6. The second-order valence-corrected chi connectivity index (χ2v) is 7.02. The first kappa shape index (κ1) is 16.7. The van der Waals surface area contributed by atoms with Crippen molar-refractivity contribution < 1.29 is 4.79 Å². The zero-order valence-corrected chi connectivity index (χ0v) is 15.3. The minimum Gasteiger partial charge on any atom is -0.298 e. The van der Waals surface area contributed by atoms with Crippen LogP contribution in [-0.4, -0.2) is 22.1 Å². The maximum Gasteiger partial charge on any atom is 0.260 e. The van der Waals surface area contributed by atoms with Crippen LogP contribution >= 0.6 is 23.1 Å². The van der Waals surface area contributed by atoms with Crippen molar-refractivity contribution in [3.05, 3.63) is 58.6 Å². The quantitative estimate of drug-likeness (QED) is 0.683. The van der Waals surface area contributed by atoms with E-state index >= 15 is 0 Å². The van der Waals surface area contributed by atoms with E-state index in [1.807, 2.05) is 11.6 Å². The van der Waals surface area contributed by atoms with Gasteiger partial charge in [0.2, 0.25) is 0 Å². The van der Waals surface area contributed by atoms with Crippen molar-refractivity contribution in [2.45, 2.75) is 18.9 Å². The number of thioether (sulfide) groups is 1. The Morgan fingerprint density at radius 1 is 1.25 bits per heavy atom. The molecule has 2 aromatic heterocycles. The number of anilines is 1. The van der Waals surface area contributed by atoms with E-state index in [0.29, 0.717) is 15.7 Å². The summed E-state index contributed by atoms with van der Waals surface area (Å²) < 4.78 is 0. The third-order valence-corrected chi connectivity index (χ3v) is 5.06. The third kappa shape index (κ3) is 3.49. The van der Waals surface area contributed by atoms with E-state index in [9.17, 15) is 4.79 Å². The van der Waals surface area contributed by atoms with E-state index in [1.165, 1.54) is 34.2 Å². The van der Waals surface area contributed by atoms with E-state index in [2.05, 4.69) is 47.3 Å². The van der Waals surface area contributed by atoms with Gasteiger partial charge in [0.05, 0.1) is 11.3 Å². The summed E-state index contributed by atoms with van der Waals surface area (Å²) in [5.74, 6) is -0.186. The van der Waals surface area contributed by atoms with Gasteiger partial charge in [-0.25, -0.2) is 9.97 Å². The molecule has 0 unspecified atom stereocenters. The molecule has 0 aliphatic rings. The van der Waals surface area contributed by atoms with Crippen LogP contribution in [0.1, 0.15) is 21.5 Å². The minimum atomic E-state index is -0.186. The summed E-state index contributed by atoms with van der Waals surface area (Å²) in [6.07, 6.45) is 3.59. The Kier molecular flexibility index (Phi) is 4.97. The Hall–Kier alpha value is -2.18. The van der Waals surface area contributed by atoms with Crippen molar-refractivity contribution in [3.8, 4) is 11.3 Å². The molecular formula is C18H17N3OS2. The van der Waals surface area contributed by atoms with Gasteiger partial charge < -0.3 is 0 Å². The molecule has 122 valence electrons. The Morgan fingerprint density at radius 2 is 2.08 bits per heavy atom. The van der Waals surface area contributed by atoms with Crippen LogP contribution in [0.15, 0.2) is 46.9 Å². The molecule has 3 rings (SSSR count). The molecular weight excluding hydrogens is 338 g/mol. The van der Waals surface area contributed by atoms with E-state index in [-0.39, 0.29) is 5.91 Å². The summed E-state index contributed by atoms with van der Waals surface area (Å²) in [5.41, 5.74) is 4.93. The second-order valence-electron chi connectivity index (χ2n) is 5.37. The van der Waals surface area contributed by atoms with Crippen molar-refractivity contribution >= 4 is 34.1 Å². The number of carbonyl (C=O) groups excluding carboxylic acids is 1. The smallest absolute Gasteiger partial charge is 0.260 e. The number of pyridine rings is 1. The molecule has 0 saturated carbocycles. The average molecular weight is 355 g/mol. The number of carbonyl (C=O) groups is 1. The zero-order valence-electron chi connectivity index (χ0n) is 13.7. The molecule has 6 heteroatoms. The van der Waals surface area contributed by atoms with Crippen LogP contribution in [-0.2, 0) is 0 Å². The van der Waals surface area contributed by atoms with E-state index in [0.717, 1.165) is 11.3 Å². The Balaban J connectivity index is 1.82. The number of thiazole rings is 1. The molecule has 1 N–H and O–H groups in total. The standard InChI is InChI=1S/C18H17N3OS2/c1-11-6-7-13(12(2)9-11)15-10-24-18(20-15)21-16(22)14-5-4-8-19-17(14)23-3/h4-10H,1-3H3,(H,20,21,22). The van der Waals surface area contributed by atoms with Gasteiger partial charge in [0, 0.05) is 17.1 Å². The summed E-state index contributed by atoms with van der Waals surface area (Å²) >= 11 is 2.87. The number of hydrogen-bond donors (Lipinski definition) is 1. The number of hydrogen-bond acceptors (Lipinski definition) is 5. The first-order valence-electron chi connectivity index (χ1n) is 7.42. The van der Waals surface area contributed by atoms with Crippen LogP contribution in [0.5, 0.6) is 0 Å². The topological polar surface area (TPSA) is 54.9 Å². The lowest BCUT2D eigenvalue weighted by Gasteiger charge is -2.05. The van der Waals surface area contributed by atoms with Crippen molar-refractivity contribution in [1.29, 1.82) is 0 Å². The van der Waals surface area contributed by atoms with Gasteiger partial charge in [-0.1, -0.05) is 23.8 Å². The molecule has 1 aromatic carbocycles. The molecule has 0 bridgehead atoms. The molecule has 24 heavy (non-hydrogen) atoms. The Labute approximate surface area is 149 Å². The number of rotatable bonds is 4. The highest BCUT2D eigenvalue weighted by Gasteiger charge is 2.14. The monoisotopic (exact) mass is 355 g/mol. The number of amides is 1. The van der Waals surface area contributed by atoms with Gasteiger partial charge in [-0.2, -0.15) is 0 Å². The molecule has 0 radical (unpaired) electrons. The SMILES string of the molecule is CSc1ncccc1C(=O)Nc1nc(-c2ccc(C)cc2C)cs1. The highest BCUT2D eigenvalue weighted by atomic mass is 32.2. The molecule has 0 atom stereocenters. The van der Waals surface area contributed by atoms with Crippen LogP contribution in [0.3, 0.4) is 0 Å². The predicted molar refractivity (Wildman–Crippen MR) is 101 cm³/mol. The molecule has 0 saturated heterocycles.